The van der Waals surface area contributed by atoms with Crippen molar-refractivity contribution >= 4 is 13.4 Å². The Hall–Kier alpha value is -0.825. The average molecular weight is 133 g/mol. The first-order chi connectivity index (χ1) is 4.83. The lowest BCUT2D eigenvalue weighted by atomic mass is 10.0. The molecule has 0 saturated carbocycles. The summed E-state index contributed by atoms with van der Waals surface area (Å²) >= 11 is 0. The Morgan fingerprint density at radius 2 is 2.30 bits per heavy atom. The van der Waals surface area contributed by atoms with Gasteiger partial charge in [-0.25, -0.2) is 0 Å². The summed E-state index contributed by atoms with van der Waals surface area (Å²) in [6.07, 6.45) is 0.574. The van der Waals surface area contributed by atoms with Crippen LogP contribution in [-0.4, -0.2) is 24.5 Å². The van der Waals surface area contributed by atoms with Gasteiger partial charge in [0, 0.05) is 18.7 Å². The Morgan fingerprint density at radius 3 is 2.90 bits per heavy atom. The molecule has 1 rings (SSSR count). The summed E-state index contributed by atoms with van der Waals surface area (Å²) in [6.45, 7) is 0.121. The van der Waals surface area contributed by atoms with Crippen LogP contribution in [0.3, 0.4) is 0 Å². The Labute approximate surface area is 61.3 Å². The van der Waals surface area contributed by atoms with Crippen LogP contribution < -0.4 is 5.59 Å². The van der Waals surface area contributed by atoms with Gasteiger partial charge in [-0.05, 0) is 11.7 Å². The van der Waals surface area contributed by atoms with Crippen LogP contribution in [0.4, 0.5) is 0 Å². The summed E-state index contributed by atoms with van der Waals surface area (Å²) < 4.78 is 0. The van der Waals surface area contributed by atoms with E-state index in [0.717, 1.165) is 5.69 Å². The third-order valence-electron chi connectivity index (χ3n) is 1.20. The lowest BCUT2D eigenvalue weighted by Gasteiger charge is -1.97. The Balaban J connectivity index is 2.75. The zero-order valence-corrected chi connectivity index (χ0v) is 5.62. The molecule has 0 aliphatic heterocycles. The molecule has 2 nitrogen and oxygen atoms in total. The van der Waals surface area contributed by atoms with E-state index < -0.39 is 0 Å². The van der Waals surface area contributed by atoms with Gasteiger partial charge in [-0.2, -0.15) is 0 Å². The minimum absolute atomic E-state index is 0.121. The molecule has 1 aromatic heterocycles. The molecule has 1 aromatic rings. The molecular formula is C7H8BNO. The smallest absolute Gasteiger partial charge is 0.141 e. The van der Waals surface area contributed by atoms with Crippen molar-refractivity contribution in [3.63, 3.8) is 0 Å². The standard InChI is InChI=1S/C7H8BNO/c8-7-3-1-2-6(9-7)4-5-10/h1-3,10H,4-5H2. The Morgan fingerprint density at radius 1 is 1.50 bits per heavy atom. The first-order valence-corrected chi connectivity index (χ1v) is 3.15. The van der Waals surface area contributed by atoms with Gasteiger partial charge in [-0.1, -0.05) is 12.1 Å². The van der Waals surface area contributed by atoms with Crippen molar-refractivity contribution < 1.29 is 5.11 Å². The number of aliphatic hydroxyl groups excluding tert-OH is 1. The van der Waals surface area contributed by atoms with Crippen molar-refractivity contribution in [2.24, 2.45) is 0 Å². The van der Waals surface area contributed by atoms with Crippen LogP contribution in [0.2, 0.25) is 0 Å². The molecule has 2 radical (unpaired) electrons. The highest BCUT2D eigenvalue weighted by molar-refractivity contribution is 6.30. The van der Waals surface area contributed by atoms with E-state index >= 15 is 0 Å². The molecule has 0 aromatic carbocycles. The second-order valence-electron chi connectivity index (χ2n) is 2.03. The predicted octanol–water partition coefficient (Wildman–Crippen LogP) is -0.590. The lowest BCUT2D eigenvalue weighted by Crippen LogP contribution is -2.10. The molecule has 1 heterocycles. The van der Waals surface area contributed by atoms with Crippen molar-refractivity contribution in [1.29, 1.82) is 0 Å². The zero-order valence-electron chi connectivity index (χ0n) is 5.62. The van der Waals surface area contributed by atoms with Crippen LogP contribution in [0.25, 0.3) is 0 Å². The van der Waals surface area contributed by atoms with E-state index in [-0.39, 0.29) is 6.61 Å². The number of nitrogens with zero attached hydrogens (tertiary/aromatic N) is 1. The van der Waals surface area contributed by atoms with Crippen molar-refractivity contribution in [2.75, 3.05) is 6.61 Å². The molecule has 0 spiro atoms. The second kappa shape index (κ2) is 3.37. The fourth-order valence-electron chi connectivity index (χ4n) is 0.752. The van der Waals surface area contributed by atoms with Gasteiger partial charge in [0.25, 0.3) is 0 Å². The van der Waals surface area contributed by atoms with E-state index in [0.29, 0.717) is 12.0 Å². The normalized spacial score (nSPS) is 9.70. The second-order valence-corrected chi connectivity index (χ2v) is 2.03. The fourth-order valence-corrected chi connectivity index (χ4v) is 0.752. The van der Waals surface area contributed by atoms with Gasteiger partial charge in [0.2, 0.25) is 0 Å². The molecule has 0 bridgehead atoms. The molecule has 0 unspecified atom stereocenters. The summed E-state index contributed by atoms with van der Waals surface area (Å²) in [6, 6.07) is 5.39. The van der Waals surface area contributed by atoms with Crippen molar-refractivity contribution in [3.05, 3.63) is 23.9 Å². The lowest BCUT2D eigenvalue weighted by molar-refractivity contribution is 0.298. The summed E-state index contributed by atoms with van der Waals surface area (Å²) in [5, 5.41) is 8.53. The number of pyridine rings is 1. The maximum atomic E-state index is 8.53. The van der Waals surface area contributed by atoms with Gasteiger partial charge >= 0.3 is 0 Å². The highest BCUT2D eigenvalue weighted by Crippen LogP contribution is 1.90. The summed E-state index contributed by atoms with van der Waals surface area (Å²) in [7, 11) is 5.40. The number of aromatic nitrogens is 1. The quantitative estimate of drug-likeness (QED) is 0.547. The minimum Gasteiger partial charge on any atom is -0.396 e. The fraction of sp³-hybridized carbons (Fsp3) is 0.286. The van der Waals surface area contributed by atoms with Gasteiger partial charge < -0.3 is 5.11 Å². The van der Waals surface area contributed by atoms with Gasteiger partial charge in [0.05, 0.1) is 0 Å². The number of hydrogen-bond donors (Lipinski definition) is 1. The van der Waals surface area contributed by atoms with Gasteiger partial charge in [-0.15, -0.1) is 0 Å². The third kappa shape index (κ3) is 1.85. The van der Waals surface area contributed by atoms with E-state index in [4.69, 9.17) is 13.0 Å². The SMILES string of the molecule is [B]c1cccc(CCO)n1. The number of rotatable bonds is 2. The molecule has 0 aliphatic carbocycles. The van der Waals surface area contributed by atoms with E-state index in [1.54, 1.807) is 6.07 Å². The zero-order chi connectivity index (χ0) is 7.40. The van der Waals surface area contributed by atoms with E-state index in [1.807, 2.05) is 12.1 Å². The molecule has 0 amide bonds. The number of hydrogen-bond acceptors (Lipinski definition) is 2. The molecule has 0 fully saturated rings. The van der Waals surface area contributed by atoms with Crippen molar-refractivity contribution in [1.82, 2.24) is 4.98 Å². The Kier molecular flexibility index (Phi) is 2.45. The first kappa shape index (κ1) is 7.28. The van der Waals surface area contributed by atoms with Crippen LogP contribution in [-0.2, 0) is 6.42 Å². The van der Waals surface area contributed by atoms with E-state index in [1.165, 1.54) is 0 Å². The highest BCUT2D eigenvalue weighted by atomic mass is 16.3. The van der Waals surface area contributed by atoms with Crippen LogP contribution in [0.1, 0.15) is 5.69 Å². The van der Waals surface area contributed by atoms with E-state index in [9.17, 15) is 0 Å². The molecule has 0 aliphatic rings. The van der Waals surface area contributed by atoms with Gasteiger partial charge in [0.1, 0.15) is 7.85 Å². The van der Waals surface area contributed by atoms with Crippen molar-refractivity contribution in [3.8, 4) is 0 Å². The largest absolute Gasteiger partial charge is 0.396 e. The highest BCUT2D eigenvalue weighted by Gasteiger charge is 1.90. The van der Waals surface area contributed by atoms with Crippen molar-refractivity contribution in [2.45, 2.75) is 6.42 Å². The predicted molar refractivity (Wildman–Crippen MR) is 40.4 cm³/mol. The summed E-state index contributed by atoms with van der Waals surface area (Å²) in [4.78, 5) is 3.98. The molecular weight excluding hydrogens is 125 g/mol. The topological polar surface area (TPSA) is 33.1 Å². The van der Waals surface area contributed by atoms with Gasteiger partial charge in [0.15, 0.2) is 0 Å². The maximum absolute atomic E-state index is 8.53. The first-order valence-electron chi connectivity index (χ1n) is 3.15. The minimum atomic E-state index is 0.121. The molecule has 0 saturated heterocycles. The number of aliphatic hydroxyl groups is 1. The molecule has 3 heteroatoms. The maximum Gasteiger partial charge on any atom is 0.141 e. The monoisotopic (exact) mass is 133 g/mol. The summed E-state index contributed by atoms with van der Waals surface area (Å²) in [5.74, 6) is 0. The average Bonchev–Trinajstić information content (AvgIpc) is 1.88. The van der Waals surface area contributed by atoms with Crippen LogP contribution in [0.5, 0.6) is 0 Å². The van der Waals surface area contributed by atoms with Crippen LogP contribution in [0.15, 0.2) is 18.2 Å². The van der Waals surface area contributed by atoms with Gasteiger partial charge in [-0.3, -0.25) is 4.98 Å². The molecule has 1 N–H and O–H groups in total. The van der Waals surface area contributed by atoms with Crippen LogP contribution >= 0.6 is 0 Å². The van der Waals surface area contributed by atoms with Crippen LogP contribution in [0, 0.1) is 0 Å². The third-order valence-corrected chi connectivity index (χ3v) is 1.20. The van der Waals surface area contributed by atoms with E-state index in [2.05, 4.69) is 4.98 Å². The molecule has 50 valence electrons. The molecule has 10 heavy (non-hydrogen) atoms. The Bertz CT molecular complexity index is 215. The summed E-state index contributed by atoms with van der Waals surface area (Å²) in [5.41, 5.74) is 1.34. The molecule has 0 atom stereocenters.